The molecule has 1 saturated carbocycles. The molecule has 0 unspecified atom stereocenters. The lowest BCUT2D eigenvalue weighted by molar-refractivity contribution is -0.120. The lowest BCUT2D eigenvalue weighted by Gasteiger charge is -2.26. The highest BCUT2D eigenvalue weighted by Crippen LogP contribution is 2.40. The zero-order chi connectivity index (χ0) is 14.4. The maximum atomic E-state index is 12.4. The third-order valence-corrected chi connectivity index (χ3v) is 4.01. The minimum Gasteiger partial charge on any atom is -0.494 e. The van der Waals surface area contributed by atoms with Crippen LogP contribution in [0.3, 0.4) is 0 Å². The first kappa shape index (κ1) is 13.9. The van der Waals surface area contributed by atoms with E-state index in [1.807, 2.05) is 20.8 Å². The van der Waals surface area contributed by atoms with Crippen molar-refractivity contribution in [2.24, 2.45) is 5.73 Å². The minimum absolute atomic E-state index is 0.0304. The van der Waals surface area contributed by atoms with E-state index in [0.29, 0.717) is 0 Å². The first-order valence-electron chi connectivity index (χ1n) is 6.53. The molecule has 0 heterocycles. The van der Waals surface area contributed by atoms with Crippen LogP contribution in [0.25, 0.3) is 0 Å². The summed E-state index contributed by atoms with van der Waals surface area (Å²) in [6, 6.07) is 2.08. The Balaban J connectivity index is 2.49. The van der Waals surface area contributed by atoms with Crippen LogP contribution in [0, 0.1) is 20.8 Å². The monoisotopic (exact) mass is 262 g/mol. The summed E-state index contributed by atoms with van der Waals surface area (Å²) >= 11 is 0. The Morgan fingerprint density at radius 1 is 1.32 bits per heavy atom. The van der Waals surface area contributed by atoms with E-state index in [0.717, 1.165) is 41.0 Å². The average Bonchev–Trinajstić information content (AvgIpc) is 3.11. The van der Waals surface area contributed by atoms with Crippen LogP contribution in [0.5, 0.6) is 5.75 Å². The number of aryl methyl sites for hydroxylation is 2. The molecule has 1 amide bonds. The van der Waals surface area contributed by atoms with Gasteiger partial charge in [0, 0.05) is 7.05 Å². The van der Waals surface area contributed by atoms with Gasteiger partial charge in [-0.3, -0.25) is 4.79 Å². The van der Waals surface area contributed by atoms with Gasteiger partial charge in [0.1, 0.15) is 5.75 Å². The maximum Gasteiger partial charge on any atom is 0.246 e. The predicted molar refractivity (Wildman–Crippen MR) is 76.8 cm³/mol. The molecular weight excluding hydrogens is 240 g/mol. The summed E-state index contributed by atoms with van der Waals surface area (Å²) in [7, 11) is 3.41. The molecule has 4 nitrogen and oxygen atoms in total. The molecule has 1 aliphatic carbocycles. The fraction of sp³-hybridized carbons (Fsp3) is 0.533. The fourth-order valence-electron chi connectivity index (χ4n) is 2.49. The standard InChI is InChI=1S/C15H22N2O2/c1-9-8-10(2)12(13(19-5)11(9)3)17(4)14(18)15(16)6-7-15/h8H,6-7,16H2,1-5H3. The minimum atomic E-state index is -0.662. The number of nitrogens with two attached hydrogens (primary N) is 1. The van der Waals surface area contributed by atoms with Crippen molar-refractivity contribution >= 4 is 11.6 Å². The molecule has 0 aliphatic heterocycles. The number of rotatable bonds is 3. The molecular formula is C15H22N2O2. The molecule has 0 aromatic heterocycles. The molecule has 1 fully saturated rings. The van der Waals surface area contributed by atoms with Crippen LogP contribution < -0.4 is 15.4 Å². The first-order chi connectivity index (χ1) is 8.81. The highest BCUT2D eigenvalue weighted by molar-refractivity contribution is 6.03. The van der Waals surface area contributed by atoms with E-state index in [1.165, 1.54) is 0 Å². The summed E-state index contributed by atoms with van der Waals surface area (Å²) in [6.07, 6.45) is 1.53. The van der Waals surface area contributed by atoms with E-state index < -0.39 is 5.54 Å². The summed E-state index contributed by atoms with van der Waals surface area (Å²) in [5, 5.41) is 0. The topological polar surface area (TPSA) is 55.6 Å². The number of ether oxygens (including phenoxy) is 1. The van der Waals surface area contributed by atoms with Crippen LogP contribution in [-0.4, -0.2) is 25.6 Å². The van der Waals surface area contributed by atoms with Crippen LogP contribution in [0.2, 0.25) is 0 Å². The van der Waals surface area contributed by atoms with E-state index >= 15 is 0 Å². The molecule has 2 N–H and O–H groups in total. The van der Waals surface area contributed by atoms with Crippen molar-refractivity contribution in [1.82, 2.24) is 0 Å². The summed E-state index contributed by atoms with van der Waals surface area (Å²) < 4.78 is 5.51. The van der Waals surface area contributed by atoms with E-state index in [2.05, 4.69) is 6.07 Å². The molecule has 1 aromatic rings. The van der Waals surface area contributed by atoms with Crippen molar-refractivity contribution in [3.63, 3.8) is 0 Å². The van der Waals surface area contributed by atoms with Crippen molar-refractivity contribution in [3.8, 4) is 5.75 Å². The number of carbonyl (C=O) groups excluding carboxylic acids is 1. The van der Waals surface area contributed by atoms with Crippen LogP contribution in [0.4, 0.5) is 5.69 Å². The molecule has 19 heavy (non-hydrogen) atoms. The van der Waals surface area contributed by atoms with Gasteiger partial charge in [-0.25, -0.2) is 0 Å². The van der Waals surface area contributed by atoms with Gasteiger partial charge in [0.15, 0.2) is 0 Å². The Kier molecular flexibility index (Phi) is 3.31. The van der Waals surface area contributed by atoms with Gasteiger partial charge >= 0.3 is 0 Å². The molecule has 0 saturated heterocycles. The van der Waals surface area contributed by atoms with Gasteiger partial charge in [0.25, 0.3) is 0 Å². The third-order valence-electron chi connectivity index (χ3n) is 4.01. The van der Waals surface area contributed by atoms with Crippen LogP contribution in [0.15, 0.2) is 6.07 Å². The maximum absolute atomic E-state index is 12.4. The van der Waals surface area contributed by atoms with Crippen molar-refractivity contribution < 1.29 is 9.53 Å². The van der Waals surface area contributed by atoms with Gasteiger partial charge in [-0.15, -0.1) is 0 Å². The largest absolute Gasteiger partial charge is 0.494 e. The van der Waals surface area contributed by atoms with Gasteiger partial charge in [0.2, 0.25) is 5.91 Å². The van der Waals surface area contributed by atoms with Crippen LogP contribution >= 0.6 is 0 Å². The Morgan fingerprint density at radius 2 is 1.89 bits per heavy atom. The number of carbonyl (C=O) groups is 1. The average molecular weight is 262 g/mol. The van der Waals surface area contributed by atoms with Crippen LogP contribution in [0.1, 0.15) is 29.5 Å². The predicted octanol–water partition coefficient (Wildman–Crippen LogP) is 2.07. The Bertz CT molecular complexity index is 533. The Morgan fingerprint density at radius 3 is 2.37 bits per heavy atom. The molecule has 0 spiro atoms. The number of anilines is 1. The molecule has 0 radical (unpaired) electrons. The second-order valence-corrected chi connectivity index (χ2v) is 5.54. The van der Waals surface area contributed by atoms with Crippen molar-refractivity contribution in [1.29, 1.82) is 0 Å². The van der Waals surface area contributed by atoms with E-state index in [9.17, 15) is 4.79 Å². The highest BCUT2D eigenvalue weighted by atomic mass is 16.5. The fourth-order valence-corrected chi connectivity index (χ4v) is 2.49. The zero-order valence-corrected chi connectivity index (χ0v) is 12.3. The normalized spacial score (nSPS) is 16.1. The van der Waals surface area contributed by atoms with Crippen molar-refractivity contribution in [2.45, 2.75) is 39.2 Å². The van der Waals surface area contributed by atoms with Gasteiger partial charge in [-0.1, -0.05) is 6.07 Å². The van der Waals surface area contributed by atoms with Crippen molar-refractivity contribution in [3.05, 3.63) is 22.8 Å². The molecule has 104 valence electrons. The Hall–Kier alpha value is -1.55. The van der Waals surface area contributed by atoms with E-state index in [1.54, 1.807) is 19.1 Å². The summed E-state index contributed by atoms with van der Waals surface area (Å²) in [6.45, 7) is 6.04. The second kappa shape index (κ2) is 4.53. The summed E-state index contributed by atoms with van der Waals surface area (Å²) in [4.78, 5) is 14.0. The van der Waals surface area contributed by atoms with E-state index in [-0.39, 0.29) is 5.91 Å². The Labute approximate surface area is 114 Å². The first-order valence-corrected chi connectivity index (χ1v) is 6.53. The van der Waals surface area contributed by atoms with Gasteiger partial charge in [-0.05, 0) is 50.3 Å². The molecule has 4 heteroatoms. The second-order valence-electron chi connectivity index (χ2n) is 5.54. The van der Waals surface area contributed by atoms with Crippen molar-refractivity contribution in [2.75, 3.05) is 19.1 Å². The smallest absolute Gasteiger partial charge is 0.246 e. The number of hydrogen-bond acceptors (Lipinski definition) is 3. The summed E-state index contributed by atoms with van der Waals surface area (Å²) in [5.74, 6) is 0.731. The third kappa shape index (κ3) is 2.21. The van der Waals surface area contributed by atoms with Crippen LogP contribution in [-0.2, 0) is 4.79 Å². The summed E-state index contributed by atoms with van der Waals surface area (Å²) in [5.41, 5.74) is 9.42. The molecule has 1 aliphatic rings. The molecule has 0 atom stereocenters. The zero-order valence-electron chi connectivity index (χ0n) is 12.3. The number of amides is 1. The number of methoxy groups -OCH3 is 1. The SMILES string of the molecule is COc1c(C)c(C)cc(C)c1N(C)C(=O)C1(N)CC1. The molecule has 0 bridgehead atoms. The lowest BCUT2D eigenvalue weighted by Crippen LogP contribution is -2.44. The lowest BCUT2D eigenvalue weighted by atomic mass is 10.0. The number of nitrogens with zero attached hydrogens (tertiary/aromatic N) is 1. The molecule has 2 rings (SSSR count). The number of hydrogen-bond donors (Lipinski definition) is 1. The number of likely N-dealkylation sites (N-methyl/N-ethyl adjacent to an activating group) is 1. The van der Waals surface area contributed by atoms with E-state index in [4.69, 9.17) is 10.5 Å². The number of benzene rings is 1. The molecule has 1 aromatic carbocycles. The quantitative estimate of drug-likeness (QED) is 0.907. The van der Waals surface area contributed by atoms with Gasteiger partial charge in [0.05, 0.1) is 18.3 Å². The van der Waals surface area contributed by atoms with Gasteiger partial charge in [-0.2, -0.15) is 0 Å². The highest BCUT2D eigenvalue weighted by Gasteiger charge is 2.48. The van der Waals surface area contributed by atoms with Gasteiger partial charge < -0.3 is 15.4 Å².